The van der Waals surface area contributed by atoms with E-state index in [0.29, 0.717) is 28.0 Å². The smallest absolute Gasteiger partial charge is 0.198 e. The number of carbonyl (C=O) groups is 2. The molecule has 0 amide bonds. The molecule has 1 aliphatic rings. The normalized spacial score (nSPS) is 12.9. The van der Waals surface area contributed by atoms with Crippen LogP contribution in [0.1, 0.15) is 43.0 Å². The fraction of sp³-hybridized carbons (Fsp3) is 0.176. The van der Waals surface area contributed by atoms with Crippen LogP contribution in [0.3, 0.4) is 0 Å². The van der Waals surface area contributed by atoms with E-state index < -0.39 is 0 Å². The van der Waals surface area contributed by atoms with Crippen molar-refractivity contribution in [1.29, 1.82) is 0 Å². The molecule has 2 aromatic carbocycles. The molecule has 0 saturated heterocycles. The van der Waals surface area contributed by atoms with Gasteiger partial charge in [-0.2, -0.15) is 0 Å². The molecule has 1 aliphatic carbocycles. The number of aryl methyl sites for hydroxylation is 2. The molecule has 3 nitrogen and oxygen atoms in total. The Morgan fingerprint density at radius 1 is 0.900 bits per heavy atom. The lowest BCUT2D eigenvalue weighted by Crippen LogP contribution is -2.23. The highest BCUT2D eigenvalue weighted by Crippen LogP contribution is 2.35. The Hall–Kier alpha value is -2.42. The predicted molar refractivity (Wildman–Crippen MR) is 75.8 cm³/mol. The van der Waals surface area contributed by atoms with Crippen molar-refractivity contribution >= 4 is 11.6 Å². The number of rotatable bonds is 1. The molecule has 0 unspecified atom stereocenters. The van der Waals surface area contributed by atoms with Gasteiger partial charge in [-0.05, 0) is 37.1 Å². The molecule has 0 atom stereocenters. The second kappa shape index (κ2) is 4.30. The maximum absolute atomic E-state index is 12.7. The van der Waals surface area contributed by atoms with Crippen LogP contribution in [0.5, 0.6) is 5.75 Å². The van der Waals surface area contributed by atoms with Crippen LogP contribution in [0.2, 0.25) is 0 Å². The van der Waals surface area contributed by atoms with Crippen LogP contribution in [-0.4, -0.2) is 18.7 Å². The Kier molecular flexibility index (Phi) is 2.71. The zero-order valence-corrected chi connectivity index (χ0v) is 11.6. The van der Waals surface area contributed by atoms with E-state index in [9.17, 15) is 9.59 Å². The average Bonchev–Trinajstić information content (AvgIpc) is 2.43. The van der Waals surface area contributed by atoms with Gasteiger partial charge < -0.3 is 4.74 Å². The Balaban J connectivity index is 2.38. The maximum atomic E-state index is 12.7. The summed E-state index contributed by atoms with van der Waals surface area (Å²) in [5.41, 5.74) is 3.50. The Morgan fingerprint density at radius 3 is 2.35 bits per heavy atom. The minimum Gasteiger partial charge on any atom is -0.496 e. The molecular formula is C17H14O3. The molecule has 3 rings (SSSR count). The predicted octanol–water partition coefficient (Wildman–Crippen LogP) is 3.09. The lowest BCUT2D eigenvalue weighted by molar-refractivity contribution is 0.0976. The number of hydrogen-bond acceptors (Lipinski definition) is 3. The lowest BCUT2D eigenvalue weighted by Gasteiger charge is -2.21. The number of ketones is 2. The summed E-state index contributed by atoms with van der Waals surface area (Å²) in [5.74, 6) is 0.220. The van der Waals surface area contributed by atoms with Crippen molar-refractivity contribution in [2.75, 3.05) is 7.11 Å². The quantitative estimate of drug-likeness (QED) is 0.679. The molecule has 0 saturated carbocycles. The maximum Gasteiger partial charge on any atom is 0.198 e. The summed E-state index contributed by atoms with van der Waals surface area (Å²) < 4.78 is 5.29. The van der Waals surface area contributed by atoms with Crippen LogP contribution < -0.4 is 4.74 Å². The van der Waals surface area contributed by atoms with Gasteiger partial charge in [-0.3, -0.25) is 9.59 Å². The van der Waals surface area contributed by atoms with Crippen LogP contribution >= 0.6 is 0 Å². The van der Waals surface area contributed by atoms with Crippen molar-refractivity contribution in [3.05, 3.63) is 63.7 Å². The van der Waals surface area contributed by atoms with Crippen LogP contribution in [-0.2, 0) is 0 Å². The third kappa shape index (κ3) is 1.59. The first-order valence-electron chi connectivity index (χ1n) is 6.42. The minimum atomic E-state index is -0.135. The van der Waals surface area contributed by atoms with E-state index in [0.717, 1.165) is 11.1 Å². The molecule has 0 aliphatic heterocycles. The molecule has 0 N–H and O–H groups in total. The number of methoxy groups -OCH3 is 1. The monoisotopic (exact) mass is 266 g/mol. The minimum absolute atomic E-state index is 0.111. The van der Waals surface area contributed by atoms with Crippen molar-refractivity contribution < 1.29 is 14.3 Å². The molecule has 20 heavy (non-hydrogen) atoms. The molecule has 0 aromatic heterocycles. The van der Waals surface area contributed by atoms with E-state index in [-0.39, 0.29) is 11.6 Å². The molecule has 0 bridgehead atoms. The highest BCUT2D eigenvalue weighted by Gasteiger charge is 2.33. The van der Waals surface area contributed by atoms with Gasteiger partial charge in [0.2, 0.25) is 0 Å². The first kappa shape index (κ1) is 12.6. The molecule has 0 radical (unpaired) electrons. The fourth-order valence-electron chi connectivity index (χ4n) is 2.76. The Labute approximate surface area is 117 Å². The van der Waals surface area contributed by atoms with Gasteiger partial charge >= 0.3 is 0 Å². The van der Waals surface area contributed by atoms with Gasteiger partial charge in [0, 0.05) is 16.7 Å². The molecule has 2 aromatic rings. The Morgan fingerprint density at radius 2 is 1.65 bits per heavy atom. The van der Waals surface area contributed by atoms with Crippen molar-refractivity contribution in [1.82, 2.24) is 0 Å². The van der Waals surface area contributed by atoms with Gasteiger partial charge in [0.25, 0.3) is 0 Å². The Bertz CT molecular complexity index is 757. The second-order valence-corrected chi connectivity index (χ2v) is 5.05. The van der Waals surface area contributed by atoms with E-state index in [1.807, 2.05) is 19.9 Å². The van der Waals surface area contributed by atoms with Gasteiger partial charge in [-0.15, -0.1) is 0 Å². The van der Waals surface area contributed by atoms with Gasteiger partial charge in [-0.1, -0.05) is 18.2 Å². The summed E-state index contributed by atoms with van der Waals surface area (Å²) in [6, 6.07) is 8.89. The highest BCUT2D eigenvalue weighted by atomic mass is 16.5. The third-order valence-electron chi connectivity index (χ3n) is 3.68. The number of carbonyl (C=O) groups excluding carboxylic acids is 2. The van der Waals surface area contributed by atoms with Gasteiger partial charge in [0.1, 0.15) is 5.75 Å². The SMILES string of the molecule is COc1cc(C)cc2c1C(=O)c1c(C)cccc1C2=O. The topological polar surface area (TPSA) is 43.4 Å². The zero-order valence-electron chi connectivity index (χ0n) is 11.6. The molecule has 0 fully saturated rings. The summed E-state index contributed by atoms with van der Waals surface area (Å²) in [4.78, 5) is 25.4. The molecule has 0 spiro atoms. The van der Waals surface area contributed by atoms with Gasteiger partial charge in [-0.25, -0.2) is 0 Å². The zero-order chi connectivity index (χ0) is 14.4. The average molecular weight is 266 g/mol. The fourth-order valence-corrected chi connectivity index (χ4v) is 2.76. The molecular weight excluding hydrogens is 252 g/mol. The first-order chi connectivity index (χ1) is 9.54. The van der Waals surface area contributed by atoms with Crippen molar-refractivity contribution in [2.24, 2.45) is 0 Å². The largest absolute Gasteiger partial charge is 0.496 e. The number of ether oxygens (including phenoxy) is 1. The number of hydrogen-bond donors (Lipinski definition) is 0. The van der Waals surface area contributed by atoms with Crippen LogP contribution in [0.25, 0.3) is 0 Å². The third-order valence-corrected chi connectivity index (χ3v) is 3.68. The van der Waals surface area contributed by atoms with E-state index in [1.165, 1.54) is 7.11 Å². The highest BCUT2D eigenvalue weighted by molar-refractivity contribution is 6.29. The summed E-state index contributed by atoms with van der Waals surface area (Å²) in [6.07, 6.45) is 0. The number of benzene rings is 2. The molecule has 3 heteroatoms. The van der Waals surface area contributed by atoms with E-state index in [2.05, 4.69) is 0 Å². The van der Waals surface area contributed by atoms with Gasteiger partial charge in [0.05, 0.1) is 12.7 Å². The first-order valence-corrected chi connectivity index (χ1v) is 6.42. The van der Waals surface area contributed by atoms with E-state index in [1.54, 1.807) is 24.3 Å². The van der Waals surface area contributed by atoms with Gasteiger partial charge in [0.15, 0.2) is 11.6 Å². The van der Waals surface area contributed by atoms with Crippen molar-refractivity contribution in [2.45, 2.75) is 13.8 Å². The number of fused-ring (bicyclic) bond motifs is 2. The van der Waals surface area contributed by atoms with E-state index >= 15 is 0 Å². The molecule has 0 heterocycles. The van der Waals surface area contributed by atoms with Crippen LogP contribution in [0.15, 0.2) is 30.3 Å². The summed E-state index contributed by atoms with van der Waals surface area (Å²) >= 11 is 0. The summed E-state index contributed by atoms with van der Waals surface area (Å²) in [6.45, 7) is 3.72. The van der Waals surface area contributed by atoms with Crippen LogP contribution in [0, 0.1) is 13.8 Å². The standard InChI is InChI=1S/C17H14O3/c1-9-7-12-15(13(8-9)20-3)17(19)14-10(2)5-4-6-11(14)16(12)18/h4-8H,1-3H3. The lowest BCUT2D eigenvalue weighted by atomic mass is 9.81. The summed E-state index contributed by atoms with van der Waals surface area (Å²) in [7, 11) is 1.51. The second-order valence-electron chi connectivity index (χ2n) is 5.05. The molecule has 100 valence electrons. The van der Waals surface area contributed by atoms with E-state index in [4.69, 9.17) is 4.74 Å². The van der Waals surface area contributed by atoms with Crippen molar-refractivity contribution in [3.63, 3.8) is 0 Å². The summed E-state index contributed by atoms with van der Waals surface area (Å²) in [5, 5.41) is 0. The van der Waals surface area contributed by atoms with Crippen molar-refractivity contribution in [3.8, 4) is 5.75 Å². The van der Waals surface area contributed by atoms with Crippen LogP contribution in [0.4, 0.5) is 0 Å².